The summed E-state index contributed by atoms with van der Waals surface area (Å²) < 4.78 is 0. The molecule has 0 saturated heterocycles. The number of nitrogens with one attached hydrogen (secondary N) is 1. The standard InChI is InChI=1S/C8H8ClN3/c1-2-6-7-5(9)3-10-8(7)12-4-11-6/h3-4H,2H2,1H3,(H,10,11,12). The summed E-state index contributed by atoms with van der Waals surface area (Å²) in [6.45, 7) is 2.05. The van der Waals surface area contributed by atoms with Gasteiger partial charge in [0, 0.05) is 6.20 Å². The van der Waals surface area contributed by atoms with E-state index >= 15 is 0 Å². The Bertz CT molecular complexity index is 408. The molecular weight excluding hydrogens is 174 g/mol. The molecule has 0 aliphatic carbocycles. The summed E-state index contributed by atoms with van der Waals surface area (Å²) >= 11 is 5.95. The molecule has 0 saturated carbocycles. The minimum atomic E-state index is 0.697. The number of fused-ring (bicyclic) bond motifs is 1. The fourth-order valence-electron chi connectivity index (χ4n) is 1.25. The van der Waals surface area contributed by atoms with Crippen LogP contribution in [-0.2, 0) is 6.42 Å². The van der Waals surface area contributed by atoms with E-state index in [0.717, 1.165) is 23.1 Å². The normalized spacial score (nSPS) is 10.8. The second-order valence-electron chi connectivity index (χ2n) is 2.53. The predicted octanol–water partition coefficient (Wildman–Crippen LogP) is 2.17. The molecule has 62 valence electrons. The van der Waals surface area contributed by atoms with Crippen molar-refractivity contribution in [2.24, 2.45) is 0 Å². The van der Waals surface area contributed by atoms with Crippen LogP contribution >= 0.6 is 11.6 Å². The van der Waals surface area contributed by atoms with Crippen molar-refractivity contribution in [1.82, 2.24) is 15.0 Å². The van der Waals surface area contributed by atoms with E-state index in [2.05, 4.69) is 15.0 Å². The van der Waals surface area contributed by atoms with Gasteiger partial charge in [0.1, 0.15) is 12.0 Å². The largest absolute Gasteiger partial charge is 0.344 e. The molecule has 0 unspecified atom stereocenters. The van der Waals surface area contributed by atoms with Gasteiger partial charge in [-0.05, 0) is 6.42 Å². The van der Waals surface area contributed by atoms with Crippen LogP contribution in [0.1, 0.15) is 12.6 Å². The van der Waals surface area contributed by atoms with Crippen LogP contribution < -0.4 is 0 Å². The first kappa shape index (κ1) is 7.55. The van der Waals surface area contributed by atoms with E-state index in [-0.39, 0.29) is 0 Å². The quantitative estimate of drug-likeness (QED) is 0.733. The van der Waals surface area contributed by atoms with Crippen LogP contribution in [0.15, 0.2) is 12.5 Å². The lowest BCUT2D eigenvalue weighted by atomic mass is 10.2. The molecule has 12 heavy (non-hydrogen) atoms. The minimum Gasteiger partial charge on any atom is -0.344 e. The first-order chi connectivity index (χ1) is 5.83. The number of nitrogens with zero attached hydrogens (tertiary/aromatic N) is 2. The van der Waals surface area contributed by atoms with Crippen LogP contribution in [0, 0.1) is 0 Å². The smallest absolute Gasteiger partial charge is 0.142 e. The van der Waals surface area contributed by atoms with Crippen LogP contribution in [0.2, 0.25) is 5.02 Å². The van der Waals surface area contributed by atoms with E-state index in [1.807, 2.05) is 6.92 Å². The van der Waals surface area contributed by atoms with Crippen molar-refractivity contribution >= 4 is 22.6 Å². The summed E-state index contributed by atoms with van der Waals surface area (Å²) in [5.74, 6) is 0. The topological polar surface area (TPSA) is 41.6 Å². The van der Waals surface area contributed by atoms with Gasteiger partial charge in [0.25, 0.3) is 0 Å². The second kappa shape index (κ2) is 2.75. The van der Waals surface area contributed by atoms with Gasteiger partial charge in [-0.15, -0.1) is 0 Å². The predicted molar refractivity (Wildman–Crippen MR) is 48.3 cm³/mol. The molecule has 2 aromatic heterocycles. The highest BCUT2D eigenvalue weighted by atomic mass is 35.5. The van der Waals surface area contributed by atoms with Gasteiger partial charge < -0.3 is 4.98 Å². The second-order valence-corrected chi connectivity index (χ2v) is 2.94. The number of hydrogen-bond donors (Lipinski definition) is 1. The number of H-pyrrole nitrogens is 1. The number of halogens is 1. The number of aromatic nitrogens is 3. The van der Waals surface area contributed by atoms with Crippen LogP contribution in [0.5, 0.6) is 0 Å². The molecule has 0 amide bonds. The van der Waals surface area contributed by atoms with Crippen molar-refractivity contribution in [2.75, 3.05) is 0 Å². The lowest BCUT2D eigenvalue weighted by Gasteiger charge is -1.96. The van der Waals surface area contributed by atoms with Crippen molar-refractivity contribution < 1.29 is 0 Å². The molecule has 0 aromatic carbocycles. The summed E-state index contributed by atoms with van der Waals surface area (Å²) in [5, 5.41) is 1.64. The molecule has 0 radical (unpaired) electrons. The molecule has 2 rings (SSSR count). The maximum absolute atomic E-state index is 5.95. The van der Waals surface area contributed by atoms with Gasteiger partial charge in [0.15, 0.2) is 0 Å². The highest BCUT2D eigenvalue weighted by Crippen LogP contribution is 2.23. The van der Waals surface area contributed by atoms with Crippen LogP contribution in [0.3, 0.4) is 0 Å². The Morgan fingerprint density at radius 3 is 3.08 bits per heavy atom. The maximum Gasteiger partial charge on any atom is 0.142 e. The highest BCUT2D eigenvalue weighted by molar-refractivity contribution is 6.35. The molecule has 4 heteroatoms. The van der Waals surface area contributed by atoms with Gasteiger partial charge in [-0.25, -0.2) is 9.97 Å². The molecule has 0 aliphatic rings. The zero-order valence-corrected chi connectivity index (χ0v) is 7.39. The average molecular weight is 182 g/mol. The van der Waals surface area contributed by atoms with Gasteiger partial charge in [-0.3, -0.25) is 0 Å². The highest BCUT2D eigenvalue weighted by Gasteiger charge is 2.06. The monoisotopic (exact) mass is 181 g/mol. The Labute approximate surface area is 74.8 Å². The molecule has 2 aromatic rings. The van der Waals surface area contributed by atoms with E-state index in [9.17, 15) is 0 Å². The lowest BCUT2D eigenvalue weighted by Crippen LogP contribution is -1.89. The molecule has 3 nitrogen and oxygen atoms in total. The molecule has 0 bridgehead atoms. The number of hydrogen-bond acceptors (Lipinski definition) is 2. The lowest BCUT2D eigenvalue weighted by molar-refractivity contribution is 1.03. The Morgan fingerprint density at radius 1 is 1.50 bits per heavy atom. The summed E-state index contributed by atoms with van der Waals surface area (Å²) in [5.41, 5.74) is 1.80. The third-order valence-electron chi connectivity index (χ3n) is 1.84. The first-order valence-corrected chi connectivity index (χ1v) is 4.17. The number of rotatable bonds is 1. The molecule has 2 heterocycles. The fourth-order valence-corrected chi connectivity index (χ4v) is 1.51. The zero-order valence-electron chi connectivity index (χ0n) is 6.63. The van der Waals surface area contributed by atoms with E-state index in [4.69, 9.17) is 11.6 Å². The van der Waals surface area contributed by atoms with Crippen LogP contribution in [0.25, 0.3) is 11.0 Å². The molecule has 0 fully saturated rings. The van der Waals surface area contributed by atoms with Gasteiger partial charge >= 0.3 is 0 Å². The van der Waals surface area contributed by atoms with E-state index in [1.165, 1.54) is 0 Å². The molecular formula is C8H8ClN3. The maximum atomic E-state index is 5.95. The summed E-state index contributed by atoms with van der Waals surface area (Å²) in [6, 6.07) is 0. The number of aryl methyl sites for hydroxylation is 1. The third-order valence-corrected chi connectivity index (χ3v) is 2.13. The van der Waals surface area contributed by atoms with Crippen molar-refractivity contribution in [1.29, 1.82) is 0 Å². The van der Waals surface area contributed by atoms with Crippen LogP contribution in [-0.4, -0.2) is 15.0 Å². The molecule has 1 N–H and O–H groups in total. The Hall–Kier alpha value is -1.09. The third kappa shape index (κ3) is 0.975. The van der Waals surface area contributed by atoms with Gasteiger partial charge in [-0.1, -0.05) is 18.5 Å². The molecule has 0 spiro atoms. The van der Waals surface area contributed by atoms with E-state index in [0.29, 0.717) is 5.02 Å². The minimum absolute atomic E-state index is 0.697. The summed E-state index contributed by atoms with van der Waals surface area (Å²) in [6.07, 6.45) is 4.16. The van der Waals surface area contributed by atoms with Crippen molar-refractivity contribution in [2.45, 2.75) is 13.3 Å². The van der Waals surface area contributed by atoms with Crippen molar-refractivity contribution in [3.05, 3.63) is 23.2 Å². The zero-order chi connectivity index (χ0) is 8.55. The fraction of sp³-hybridized carbons (Fsp3) is 0.250. The Morgan fingerprint density at radius 2 is 2.33 bits per heavy atom. The van der Waals surface area contributed by atoms with Crippen molar-refractivity contribution in [3.63, 3.8) is 0 Å². The van der Waals surface area contributed by atoms with Gasteiger partial charge in [0.2, 0.25) is 0 Å². The first-order valence-electron chi connectivity index (χ1n) is 3.79. The Kier molecular flexibility index (Phi) is 1.73. The van der Waals surface area contributed by atoms with Gasteiger partial charge in [0.05, 0.1) is 16.1 Å². The van der Waals surface area contributed by atoms with E-state index in [1.54, 1.807) is 12.5 Å². The van der Waals surface area contributed by atoms with Crippen molar-refractivity contribution in [3.8, 4) is 0 Å². The Balaban J connectivity index is 2.84. The SMILES string of the molecule is CCc1ncnc2[nH]cc(Cl)c12. The van der Waals surface area contributed by atoms with Crippen LogP contribution in [0.4, 0.5) is 0 Å². The molecule has 0 atom stereocenters. The summed E-state index contributed by atoms with van der Waals surface area (Å²) in [7, 11) is 0. The number of aromatic amines is 1. The van der Waals surface area contributed by atoms with Gasteiger partial charge in [-0.2, -0.15) is 0 Å². The van der Waals surface area contributed by atoms with E-state index < -0.39 is 0 Å². The average Bonchev–Trinajstić information content (AvgIpc) is 2.48. The molecule has 0 aliphatic heterocycles. The summed E-state index contributed by atoms with van der Waals surface area (Å²) in [4.78, 5) is 11.2.